The first kappa shape index (κ1) is 13.1. The number of amides is 1. The first-order chi connectivity index (χ1) is 9.20. The van der Waals surface area contributed by atoms with Gasteiger partial charge < -0.3 is 10.7 Å². The van der Waals surface area contributed by atoms with Crippen LogP contribution in [0.2, 0.25) is 0 Å². The van der Waals surface area contributed by atoms with Crippen molar-refractivity contribution in [3.8, 4) is 0 Å². The highest BCUT2D eigenvalue weighted by Gasteiger charge is 2.08. The summed E-state index contributed by atoms with van der Waals surface area (Å²) < 4.78 is 1.77. The summed E-state index contributed by atoms with van der Waals surface area (Å²) in [5, 5.41) is 6.93. The van der Waals surface area contributed by atoms with Gasteiger partial charge in [0.1, 0.15) is 0 Å². The molecular formula is C13H17N5O. The van der Waals surface area contributed by atoms with Gasteiger partial charge in [0.2, 0.25) is 0 Å². The van der Waals surface area contributed by atoms with Gasteiger partial charge in [-0.05, 0) is 36.8 Å². The number of nitrogen functional groups attached to an aromatic ring is 1. The predicted octanol–water partition coefficient (Wildman–Crippen LogP) is 0.907. The second kappa shape index (κ2) is 6.01. The third-order valence-corrected chi connectivity index (χ3v) is 2.82. The zero-order valence-corrected chi connectivity index (χ0v) is 10.8. The number of hydrazine groups is 1. The standard InChI is InChI=1S/C13H17N5O/c1-10-9-11(17-14)3-4-12(10)13(19)15-6-8-18-7-2-5-16-18/h2-5,7,9,17H,6,8,14H2,1H3,(H,15,19). The van der Waals surface area contributed by atoms with Gasteiger partial charge in [-0.2, -0.15) is 5.10 Å². The quantitative estimate of drug-likeness (QED) is 0.550. The van der Waals surface area contributed by atoms with E-state index in [1.807, 2.05) is 25.3 Å². The van der Waals surface area contributed by atoms with Crippen LogP contribution in [0.15, 0.2) is 36.7 Å². The second-order valence-corrected chi connectivity index (χ2v) is 4.20. The van der Waals surface area contributed by atoms with Crippen LogP contribution in [0.4, 0.5) is 5.69 Å². The molecule has 100 valence electrons. The fourth-order valence-corrected chi connectivity index (χ4v) is 1.82. The molecule has 1 aromatic carbocycles. The summed E-state index contributed by atoms with van der Waals surface area (Å²) in [6.45, 7) is 3.07. The summed E-state index contributed by atoms with van der Waals surface area (Å²) in [6, 6.07) is 7.22. The van der Waals surface area contributed by atoms with Gasteiger partial charge in [-0.3, -0.25) is 15.3 Å². The molecule has 4 N–H and O–H groups in total. The highest BCUT2D eigenvalue weighted by Crippen LogP contribution is 2.13. The van der Waals surface area contributed by atoms with Crippen molar-refractivity contribution in [1.82, 2.24) is 15.1 Å². The molecule has 1 heterocycles. The van der Waals surface area contributed by atoms with Gasteiger partial charge >= 0.3 is 0 Å². The summed E-state index contributed by atoms with van der Waals surface area (Å²) >= 11 is 0. The molecule has 6 nitrogen and oxygen atoms in total. The van der Waals surface area contributed by atoms with Gasteiger partial charge in [0, 0.05) is 30.2 Å². The fourth-order valence-electron chi connectivity index (χ4n) is 1.82. The minimum Gasteiger partial charge on any atom is -0.350 e. The molecule has 19 heavy (non-hydrogen) atoms. The lowest BCUT2D eigenvalue weighted by Gasteiger charge is -2.09. The molecule has 6 heteroatoms. The van der Waals surface area contributed by atoms with Crippen LogP contribution in [0, 0.1) is 6.92 Å². The van der Waals surface area contributed by atoms with Gasteiger partial charge in [-0.15, -0.1) is 0 Å². The normalized spacial score (nSPS) is 10.2. The Morgan fingerprint density at radius 3 is 2.95 bits per heavy atom. The van der Waals surface area contributed by atoms with E-state index in [1.165, 1.54) is 0 Å². The Balaban J connectivity index is 1.92. The molecule has 0 atom stereocenters. The smallest absolute Gasteiger partial charge is 0.251 e. The van der Waals surface area contributed by atoms with Gasteiger partial charge in [0.05, 0.1) is 6.54 Å². The molecule has 1 aromatic heterocycles. The summed E-state index contributed by atoms with van der Waals surface area (Å²) in [5.41, 5.74) is 4.87. The van der Waals surface area contributed by atoms with E-state index in [0.717, 1.165) is 11.3 Å². The molecule has 0 aliphatic carbocycles. The second-order valence-electron chi connectivity index (χ2n) is 4.20. The van der Waals surface area contributed by atoms with Gasteiger partial charge in [-0.1, -0.05) is 0 Å². The average Bonchev–Trinajstić information content (AvgIpc) is 2.91. The van der Waals surface area contributed by atoms with Crippen molar-refractivity contribution in [2.24, 2.45) is 5.84 Å². The Labute approximate surface area is 111 Å². The van der Waals surface area contributed by atoms with Crippen molar-refractivity contribution in [1.29, 1.82) is 0 Å². The topological polar surface area (TPSA) is 85.0 Å². The van der Waals surface area contributed by atoms with E-state index in [2.05, 4.69) is 15.8 Å². The number of hydrogen-bond acceptors (Lipinski definition) is 4. The number of nitrogens with zero attached hydrogens (tertiary/aromatic N) is 2. The molecule has 1 amide bonds. The fraction of sp³-hybridized carbons (Fsp3) is 0.231. The minimum atomic E-state index is -0.0896. The summed E-state index contributed by atoms with van der Waals surface area (Å²) in [7, 11) is 0. The number of carbonyl (C=O) groups is 1. The molecule has 2 rings (SSSR count). The molecule has 0 aliphatic rings. The molecule has 2 aromatic rings. The molecule has 0 radical (unpaired) electrons. The van der Waals surface area contributed by atoms with Crippen LogP contribution in [-0.2, 0) is 6.54 Å². The van der Waals surface area contributed by atoms with Crippen LogP contribution < -0.4 is 16.6 Å². The van der Waals surface area contributed by atoms with E-state index in [9.17, 15) is 4.79 Å². The Morgan fingerprint density at radius 1 is 1.47 bits per heavy atom. The Bertz CT molecular complexity index is 550. The van der Waals surface area contributed by atoms with Crippen LogP contribution in [0.3, 0.4) is 0 Å². The van der Waals surface area contributed by atoms with E-state index >= 15 is 0 Å². The molecule has 0 unspecified atom stereocenters. The van der Waals surface area contributed by atoms with Crippen molar-refractivity contribution in [2.75, 3.05) is 12.0 Å². The molecule has 0 saturated heterocycles. The van der Waals surface area contributed by atoms with E-state index < -0.39 is 0 Å². The maximum absolute atomic E-state index is 12.0. The number of anilines is 1. The lowest BCUT2D eigenvalue weighted by atomic mass is 10.1. The number of carbonyl (C=O) groups excluding carboxylic acids is 1. The predicted molar refractivity (Wildman–Crippen MR) is 73.5 cm³/mol. The average molecular weight is 259 g/mol. The number of aryl methyl sites for hydroxylation is 1. The Hall–Kier alpha value is -2.34. The van der Waals surface area contributed by atoms with E-state index in [-0.39, 0.29) is 5.91 Å². The van der Waals surface area contributed by atoms with Crippen molar-refractivity contribution in [3.63, 3.8) is 0 Å². The molecular weight excluding hydrogens is 242 g/mol. The molecule has 0 saturated carbocycles. The maximum Gasteiger partial charge on any atom is 0.251 e. The van der Waals surface area contributed by atoms with E-state index in [1.54, 1.807) is 23.0 Å². The monoisotopic (exact) mass is 259 g/mol. The molecule has 0 spiro atoms. The largest absolute Gasteiger partial charge is 0.350 e. The first-order valence-electron chi connectivity index (χ1n) is 6.03. The van der Waals surface area contributed by atoms with Crippen LogP contribution in [-0.4, -0.2) is 22.2 Å². The molecule has 0 aliphatic heterocycles. The minimum absolute atomic E-state index is 0.0896. The van der Waals surface area contributed by atoms with Gasteiger partial charge in [-0.25, -0.2) is 0 Å². The van der Waals surface area contributed by atoms with E-state index in [0.29, 0.717) is 18.7 Å². The third-order valence-electron chi connectivity index (χ3n) is 2.82. The Kier molecular flexibility index (Phi) is 4.15. The SMILES string of the molecule is Cc1cc(NN)ccc1C(=O)NCCn1cccn1. The number of hydrogen-bond donors (Lipinski definition) is 3. The zero-order valence-electron chi connectivity index (χ0n) is 10.8. The summed E-state index contributed by atoms with van der Waals surface area (Å²) in [6.07, 6.45) is 3.57. The number of rotatable bonds is 5. The van der Waals surface area contributed by atoms with Crippen LogP contribution >= 0.6 is 0 Å². The first-order valence-corrected chi connectivity index (χ1v) is 6.03. The van der Waals surface area contributed by atoms with Gasteiger partial charge in [0.25, 0.3) is 5.91 Å². The number of nitrogens with one attached hydrogen (secondary N) is 2. The van der Waals surface area contributed by atoms with Crippen molar-refractivity contribution in [3.05, 3.63) is 47.8 Å². The van der Waals surface area contributed by atoms with E-state index in [4.69, 9.17) is 5.84 Å². The lowest BCUT2D eigenvalue weighted by molar-refractivity contribution is 0.0951. The number of nitrogens with two attached hydrogens (primary N) is 1. The molecule has 0 fully saturated rings. The zero-order chi connectivity index (χ0) is 13.7. The summed E-state index contributed by atoms with van der Waals surface area (Å²) in [4.78, 5) is 12.0. The molecule has 0 bridgehead atoms. The van der Waals surface area contributed by atoms with Crippen molar-refractivity contribution < 1.29 is 4.79 Å². The third kappa shape index (κ3) is 3.32. The van der Waals surface area contributed by atoms with Crippen LogP contribution in [0.1, 0.15) is 15.9 Å². The highest BCUT2D eigenvalue weighted by molar-refractivity contribution is 5.96. The number of benzene rings is 1. The van der Waals surface area contributed by atoms with Crippen LogP contribution in [0.25, 0.3) is 0 Å². The van der Waals surface area contributed by atoms with Crippen molar-refractivity contribution in [2.45, 2.75) is 13.5 Å². The highest BCUT2D eigenvalue weighted by atomic mass is 16.1. The van der Waals surface area contributed by atoms with Gasteiger partial charge in [0.15, 0.2) is 0 Å². The summed E-state index contributed by atoms with van der Waals surface area (Å²) in [5.74, 6) is 5.23. The van der Waals surface area contributed by atoms with Crippen LogP contribution in [0.5, 0.6) is 0 Å². The maximum atomic E-state index is 12.0. The van der Waals surface area contributed by atoms with Crippen molar-refractivity contribution >= 4 is 11.6 Å². The number of aromatic nitrogens is 2. The Morgan fingerprint density at radius 2 is 2.32 bits per heavy atom. The lowest BCUT2D eigenvalue weighted by Crippen LogP contribution is -2.28.